The Labute approximate surface area is 151 Å². The maximum absolute atomic E-state index is 12.7. The summed E-state index contributed by atoms with van der Waals surface area (Å²) in [4.78, 5) is 24.9. The number of nitrogens with one attached hydrogen (secondary N) is 1. The summed E-state index contributed by atoms with van der Waals surface area (Å²) in [6.45, 7) is 1.06. The number of carbonyl (C=O) groups excluding carboxylic acids is 1. The number of nitrogens with zero attached hydrogens (tertiary/aromatic N) is 1. The van der Waals surface area contributed by atoms with Crippen LogP contribution in [0.5, 0.6) is 0 Å². The number of sulfonamides is 1. The van der Waals surface area contributed by atoms with Crippen molar-refractivity contribution in [2.45, 2.75) is 17.4 Å². The third-order valence-corrected chi connectivity index (χ3v) is 5.28. The lowest BCUT2D eigenvalue weighted by Crippen LogP contribution is -2.46. The number of ether oxygens (including phenoxy) is 2. The van der Waals surface area contributed by atoms with E-state index in [-0.39, 0.29) is 49.1 Å². The number of methoxy groups -OCH3 is 1. The topological polar surface area (TPSA) is 122 Å². The van der Waals surface area contributed by atoms with Crippen LogP contribution in [0.4, 0.5) is 0 Å². The molecule has 1 amide bonds. The first-order valence-electron chi connectivity index (χ1n) is 8.05. The Bertz CT molecular complexity index is 751. The molecule has 144 valence electrons. The third kappa shape index (κ3) is 5.49. The van der Waals surface area contributed by atoms with Gasteiger partial charge in [-0.15, -0.1) is 0 Å². The predicted octanol–water partition coefficient (Wildman–Crippen LogP) is -0.0730. The molecule has 1 atom stereocenters. The molecule has 0 bridgehead atoms. The molecule has 9 nitrogen and oxygen atoms in total. The van der Waals surface area contributed by atoms with Gasteiger partial charge < -0.3 is 19.5 Å². The molecule has 1 saturated heterocycles. The maximum Gasteiger partial charge on any atom is 0.306 e. The van der Waals surface area contributed by atoms with Crippen molar-refractivity contribution in [2.24, 2.45) is 0 Å². The maximum atomic E-state index is 12.7. The van der Waals surface area contributed by atoms with Gasteiger partial charge in [-0.25, -0.2) is 13.1 Å². The van der Waals surface area contributed by atoms with E-state index >= 15 is 0 Å². The zero-order chi connectivity index (χ0) is 19.2. The molecular formula is C16H22N2O7S. The molecule has 0 aromatic heterocycles. The fourth-order valence-electron chi connectivity index (χ4n) is 2.56. The summed E-state index contributed by atoms with van der Waals surface area (Å²) in [6.07, 6.45) is -0.769. The van der Waals surface area contributed by atoms with Crippen LogP contribution in [0.2, 0.25) is 0 Å². The van der Waals surface area contributed by atoms with Gasteiger partial charge >= 0.3 is 5.97 Å². The minimum absolute atomic E-state index is 0.0187. The van der Waals surface area contributed by atoms with E-state index in [0.717, 1.165) is 0 Å². The highest BCUT2D eigenvalue weighted by molar-refractivity contribution is 7.89. The Hall–Kier alpha value is -2.01. The molecule has 0 aliphatic carbocycles. The van der Waals surface area contributed by atoms with Crippen molar-refractivity contribution in [1.82, 2.24) is 9.62 Å². The molecule has 0 spiro atoms. The van der Waals surface area contributed by atoms with Crippen molar-refractivity contribution < 1.29 is 32.6 Å². The number of carboxylic acid groups (broad SMARTS) is 1. The molecular weight excluding hydrogens is 364 g/mol. The molecule has 1 heterocycles. The van der Waals surface area contributed by atoms with Crippen LogP contribution in [0.25, 0.3) is 0 Å². The molecule has 1 aliphatic rings. The fraction of sp³-hybridized carbons (Fsp3) is 0.500. The van der Waals surface area contributed by atoms with E-state index in [1.54, 1.807) is 0 Å². The molecule has 1 aromatic rings. The van der Waals surface area contributed by atoms with Gasteiger partial charge in [-0.3, -0.25) is 9.59 Å². The number of aliphatic carboxylic acids is 1. The highest BCUT2D eigenvalue weighted by atomic mass is 32.2. The Balaban J connectivity index is 2.11. The summed E-state index contributed by atoms with van der Waals surface area (Å²) in [5.74, 6) is -1.36. The molecule has 2 N–H and O–H groups in total. The van der Waals surface area contributed by atoms with Gasteiger partial charge in [-0.2, -0.15) is 0 Å². The zero-order valence-corrected chi connectivity index (χ0v) is 15.2. The van der Waals surface area contributed by atoms with Gasteiger partial charge in [0.15, 0.2) is 0 Å². The summed E-state index contributed by atoms with van der Waals surface area (Å²) < 4.78 is 37.1. The summed E-state index contributed by atoms with van der Waals surface area (Å²) >= 11 is 0. The molecule has 1 unspecified atom stereocenters. The van der Waals surface area contributed by atoms with Gasteiger partial charge in [0.1, 0.15) is 0 Å². The van der Waals surface area contributed by atoms with Crippen LogP contribution in [0.1, 0.15) is 16.8 Å². The molecule has 1 aromatic carbocycles. The minimum Gasteiger partial charge on any atom is -0.481 e. The Kier molecular flexibility index (Phi) is 7.09. The third-order valence-electron chi connectivity index (χ3n) is 3.82. The Morgan fingerprint density at radius 3 is 2.88 bits per heavy atom. The quantitative estimate of drug-likeness (QED) is 0.600. The predicted molar refractivity (Wildman–Crippen MR) is 91.4 cm³/mol. The van der Waals surface area contributed by atoms with Crippen LogP contribution in [-0.4, -0.2) is 76.4 Å². The number of benzene rings is 1. The van der Waals surface area contributed by atoms with E-state index in [1.807, 2.05) is 0 Å². The van der Waals surface area contributed by atoms with Crippen molar-refractivity contribution >= 4 is 21.9 Å². The second-order valence-electron chi connectivity index (χ2n) is 5.76. The molecule has 0 saturated carbocycles. The summed E-state index contributed by atoms with van der Waals surface area (Å²) in [7, 11) is -2.28. The Morgan fingerprint density at radius 1 is 1.42 bits per heavy atom. The summed E-state index contributed by atoms with van der Waals surface area (Å²) in [5, 5.41) is 8.86. The number of carboxylic acids is 1. The average molecular weight is 386 g/mol. The molecule has 10 heteroatoms. The summed E-state index contributed by atoms with van der Waals surface area (Å²) in [6, 6.07) is 5.73. The number of hydrogen-bond donors (Lipinski definition) is 2. The highest BCUT2D eigenvalue weighted by Gasteiger charge is 2.27. The second-order valence-corrected chi connectivity index (χ2v) is 7.53. The molecule has 26 heavy (non-hydrogen) atoms. The van der Waals surface area contributed by atoms with Crippen LogP contribution >= 0.6 is 0 Å². The second kappa shape index (κ2) is 9.08. The van der Waals surface area contributed by atoms with E-state index in [2.05, 4.69) is 4.72 Å². The van der Waals surface area contributed by atoms with Gasteiger partial charge in [0.05, 0.1) is 30.6 Å². The molecule has 1 fully saturated rings. The zero-order valence-electron chi connectivity index (χ0n) is 14.4. The van der Waals surface area contributed by atoms with E-state index in [9.17, 15) is 18.0 Å². The lowest BCUT2D eigenvalue weighted by atomic mass is 10.1. The van der Waals surface area contributed by atoms with Gasteiger partial charge in [0.25, 0.3) is 5.91 Å². The largest absolute Gasteiger partial charge is 0.481 e. The highest BCUT2D eigenvalue weighted by Crippen LogP contribution is 2.16. The van der Waals surface area contributed by atoms with E-state index in [0.29, 0.717) is 6.54 Å². The SMILES string of the molecule is COCCNS(=O)(=O)c1cccc(C(=O)N2CCOC(CC(=O)O)C2)c1. The number of hydrogen-bond acceptors (Lipinski definition) is 6. The molecule has 1 aliphatic heterocycles. The normalized spacial score (nSPS) is 17.9. The molecule has 2 rings (SSSR count). The van der Waals surface area contributed by atoms with Gasteiger partial charge in [0, 0.05) is 32.3 Å². The van der Waals surface area contributed by atoms with Crippen molar-refractivity contribution in [1.29, 1.82) is 0 Å². The van der Waals surface area contributed by atoms with Crippen LogP contribution in [-0.2, 0) is 24.3 Å². The fourth-order valence-corrected chi connectivity index (χ4v) is 3.62. The van der Waals surface area contributed by atoms with E-state index in [1.165, 1.54) is 36.3 Å². The van der Waals surface area contributed by atoms with Crippen LogP contribution in [0, 0.1) is 0 Å². The van der Waals surface area contributed by atoms with Crippen molar-refractivity contribution in [3.05, 3.63) is 29.8 Å². The van der Waals surface area contributed by atoms with Crippen molar-refractivity contribution in [2.75, 3.05) is 40.0 Å². The summed E-state index contributed by atoms with van der Waals surface area (Å²) in [5.41, 5.74) is 0.218. The molecule has 0 radical (unpaired) electrons. The van der Waals surface area contributed by atoms with Gasteiger partial charge in [-0.1, -0.05) is 6.07 Å². The number of rotatable bonds is 8. The minimum atomic E-state index is -3.75. The van der Waals surface area contributed by atoms with Crippen LogP contribution < -0.4 is 4.72 Å². The average Bonchev–Trinajstić information content (AvgIpc) is 2.61. The lowest BCUT2D eigenvalue weighted by molar-refractivity contribution is -0.141. The number of amides is 1. The van der Waals surface area contributed by atoms with Crippen LogP contribution in [0.15, 0.2) is 29.2 Å². The smallest absolute Gasteiger partial charge is 0.306 e. The van der Waals surface area contributed by atoms with Gasteiger partial charge in [0.2, 0.25) is 10.0 Å². The van der Waals surface area contributed by atoms with Crippen molar-refractivity contribution in [3.8, 4) is 0 Å². The Morgan fingerprint density at radius 2 is 2.19 bits per heavy atom. The first-order valence-corrected chi connectivity index (χ1v) is 9.53. The van der Waals surface area contributed by atoms with Crippen LogP contribution in [0.3, 0.4) is 0 Å². The van der Waals surface area contributed by atoms with Gasteiger partial charge in [-0.05, 0) is 18.2 Å². The number of morpholine rings is 1. The monoisotopic (exact) mass is 386 g/mol. The standard InChI is InChI=1S/C16H22N2O7S/c1-24-7-5-17-26(22,23)14-4-2-3-12(9-14)16(21)18-6-8-25-13(11-18)10-15(19)20/h2-4,9,13,17H,5-8,10-11H2,1H3,(H,19,20). The van der Waals surface area contributed by atoms with E-state index in [4.69, 9.17) is 14.6 Å². The number of carbonyl (C=O) groups is 2. The first kappa shape index (κ1) is 20.3. The van der Waals surface area contributed by atoms with E-state index < -0.39 is 22.1 Å². The van der Waals surface area contributed by atoms with Crippen molar-refractivity contribution in [3.63, 3.8) is 0 Å². The first-order chi connectivity index (χ1) is 12.3. The lowest BCUT2D eigenvalue weighted by Gasteiger charge is -2.32.